The quantitative estimate of drug-likeness (QED) is 0.192. The number of aliphatic hydroxyl groups excluding tert-OH is 1. The first-order valence-corrected chi connectivity index (χ1v) is 8.21. The van der Waals surface area contributed by atoms with E-state index in [0.717, 1.165) is 36.8 Å². The maximum atomic E-state index is 9.46. The third-order valence-electron chi connectivity index (χ3n) is 3.76. The number of ether oxygens (including phenoxy) is 1. The van der Waals surface area contributed by atoms with E-state index in [1.54, 1.807) is 13.3 Å². The van der Waals surface area contributed by atoms with E-state index in [9.17, 15) is 5.21 Å². The van der Waals surface area contributed by atoms with Crippen LogP contribution in [0.4, 0.5) is 0 Å². The summed E-state index contributed by atoms with van der Waals surface area (Å²) in [5.41, 5.74) is 0.752. The maximum Gasteiger partial charge on any atom is 0.263 e. The Bertz CT molecular complexity index is 416. The van der Waals surface area contributed by atoms with Crippen LogP contribution in [0.25, 0.3) is 0 Å². The molecule has 2 N–H and O–H groups in total. The smallest absolute Gasteiger partial charge is 0.263 e. The van der Waals surface area contributed by atoms with E-state index < -0.39 is 0 Å². The lowest BCUT2D eigenvalue weighted by Gasteiger charge is -2.25. The first-order valence-electron chi connectivity index (χ1n) is 8.21. The Morgan fingerprint density at radius 2 is 2.04 bits per heavy atom. The van der Waals surface area contributed by atoms with Gasteiger partial charge in [0.25, 0.3) is 5.90 Å². The Kier molecular flexibility index (Phi) is 10.1. The summed E-state index contributed by atoms with van der Waals surface area (Å²) in [6.07, 6.45) is 9.30. The summed E-state index contributed by atoms with van der Waals surface area (Å²) in [5.74, 6) is 0.409. The first kappa shape index (κ1) is 19.4. The molecular formula is C16H30N3O4+. The molecule has 2 aliphatic rings. The van der Waals surface area contributed by atoms with Gasteiger partial charge in [-0.05, 0) is 42.2 Å². The summed E-state index contributed by atoms with van der Waals surface area (Å²) >= 11 is 0. The number of hydrogen-bond acceptors (Lipinski definition) is 6. The summed E-state index contributed by atoms with van der Waals surface area (Å²) in [4.78, 5) is 7.82. The Labute approximate surface area is 138 Å². The van der Waals surface area contributed by atoms with Crippen LogP contribution < -0.4 is 0 Å². The molecule has 7 nitrogen and oxygen atoms in total. The van der Waals surface area contributed by atoms with Gasteiger partial charge in [-0.3, -0.25) is 5.21 Å². The second-order valence-electron chi connectivity index (χ2n) is 5.43. The maximum absolute atomic E-state index is 9.46. The summed E-state index contributed by atoms with van der Waals surface area (Å²) < 4.78 is 6.35. The van der Waals surface area contributed by atoms with Crippen molar-refractivity contribution in [2.24, 2.45) is 5.16 Å². The van der Waals surface area contributed by atoms with E-state index in [2.05, 4.69) is 10.1 Å². The van der Waals surface area contributed by atoms with Gasteiger partial charge in [-0.2, -0.15) is 0 Å². The van der Waals surface area contributed by atoms with E-state index in [-0.39, 0.29) is 0 Å². The van der Waals surface area contributed by atoms with Crippen LogP contribution in [-0.2, 0) is 9.57 Å². The molecule has 0 aromatic carbocycles. The molecule has 0 spiro atoms. The number of likely N-dealkylation sites (tertiary alicyclic amines) is 1. The SMILES string of the molecule is CO.CO/C(=N\OCCCN1CCCCC1)C1=CCC[N+](O)=C1. The van der Waals surface area contributed by atoms with Crippen LogP contribution in [0.15, 0.2) is 16.8 Å². The average molecular weight is 328 g/mol. The third kappa shape index (κ3) is 7.47. The second-order valence-corrected chi connectivity index (χ2v) is 5.43. The number of rotatable bonds is 6. The minimum Gasteiger partial charge on any atom is -0.478 e. The molecule has 7 heteroatoms. The molecule has 132 valence electrons. The van der Waals surface area contributed by atoms with Gasteiger partial charge in [0.1, 0.15) is 12.2 Å². The Morgan fingerprint density at radius 3 is 2.70 bits per heavy atom. The van der Waals surface area contributed by atoms with E-state index in [4.69, 9.17) is 14.7 Å². The molecule has 2 heterocycles. The lowest BCUT2D eigenvalue weighted by atomic mass is 10.1. The monoisotopic (exact) mass is 328 g/mol. The number of hydroxylamine groups is 1. The second kappa shape index (κ2) is 11.9. The molecule has 0 aromatic rings. The highest BCUT2D eigenvalue weighted by Gasteiger charge is 2.17. The zero-order chi connectivity index (χ0) is 16.9. The molecule has 1 saturated heterocycles. The highest BCUT2D eigenvalue weighted by Crippen LogP contribution is 2.09. The fourth-order valence-electron chi connectivity index (χ4n) is 2.62. The van der Waals surface area contributed by atoms with Crippen molar-refractivity contribution in [1.82, 2.24) is 4.90 Å². The normalized spacial score (nSPS) is 19.2. The van der Waals surface area contributed by atoms with Gasteiger partial charge in [0.05, 0.1) is 7.11 Å². The van der Waals surface area contributed by atoms with Gasteiger partial charge in [-0.15, -0.1) is 0 Å². The Hall–Kier alpha value is -1.60. The minimum atomic E-state index is 0.409. The minimum absolute atomic E-state index is 0.409. The molecule has 0 radical (unpaired) electrons. The molecule has 0 aliphatic carbocycles. The molecule has 1 fully saturated rings. The van der Waals surface area contributed by atoms with Crippen molar-refractivity contribution >= 4 is 12.1 Å². The topological polar surface area (TPSA) is 77.5 Å². The van der Waals surface area contributed by atoms with Crippen molar-refractivity contribution in [2.45, 2.75) is 32.1 Å². The van der Waals surface area contributed by atoms with Gasteiger partial charge >= 0.3 is 0 Å². The van der Waals surface area contributed by atoms with Crippen molar-refractivity contribution in [2.75, 3.05) is 47.0 Å². The lowest BCUT2D eigenvalue weighted by molar-refractivity contribution is -0.771. The van der Waals surface area contributed by atoms with Gasteiger partial charge in [-0.1, -0.05) is 12.5 Å². The fourth-order valence-corrected chi connectivity index (χ4v) is 2.62. The van der Waals surface area contributed by atoms with Crippen LogP contribution >= 0.6 is 0 Å². The van der Waals surface area contributed by atoms with E-state index in [1.165, 1.54) is 32.4 Å². The van der Waals surface area contributed by atoms with Crippen molar-refractivity contribution in [3.8, 4) is 0 Å². The third-order valence-corrected chi connectivity index (χ3v) is 3.76. The molecule has 0 saturated carbocycles. The molecule has 0 unspecified atom stereocenters. The van der Waals surface area contributed by atoms with Crippen LogP contribution in [0.3, 0.4) is 0 Å². The van der Waals surface area contributed by atoms with Gasteiger partial charge in [0.2, 0.25) is 6.21 Å². The fraction of sp³-hybridized carbons (Fsp3) is 0.750. The molecule has 2 aliphatic heterocycles. The zero-order valence-corrected chi connectivity index (χ0v) is 14.3. The average Bonchev–Trinajstić information content (AvgIpc) is 2.61. The van der Waals surface area contributed by atoms with Crippen molar-refractivity contribution in [3.05, 3.63) is 11.6 Å². The number of nitrogens with zero attached hydrogens (tertiary/aromatic N) is 3. The first-order chi connectivity index (χ1) is 11.3. The van der Waals surface area contributed by atoms with Crippen molar-refractivity contribution in [1.29, 1.82) is 0 Å². The van der Waals surface area contributed by atoms with Crippen LogP contribution in [0.2, 0.25) is 0 Å². The van der Waals surface area contributed by atoms with Crippen LogP contribution in [-0.4, -0.2) is 79.1 Å². The van der Waals surface area contributed by atoms with E-state index in [1.807, 2.05) is 6.08 Å². The van der Waals surface area contributed by atoms with Crippen LogP contribution in [0.5, 0.6) is 0 Å². The Balaban J connectivity index is 0.00000127. The summed E-state index contributed by atoms with van der Waals surface area (Å²) in [6.45, 7) is 4.66. The zero-order valence-electron chi connectivity index (χ0n) is 14.3. The summed E-state index contributed by atoms with van der Waals surface area (Å²) in [7, 11) is 2.56. The van der Waals surface area contributed by atoms with E-state index >= 15 is 0 Å². The Morgan fingerprint density at radius 1 is 1.30 bits per heavy atom. The largest absolute Gasteiger partial charge is 0.478 e. The summed E-state index contributed by atoms with van der Waals surface area (Å²) in [5, 5.41) is 20.5. The molecular weight excluding hydrogens is 298 g/mol. The number of piperidine rings is 1. The number of hydrogen-bond donors (Lipinski definition) is 2. The van der Waals surface area contributed by atoms with Crippen LogP contribution in [0, 0.1) is 0 Å². The molecule has 0 atom stereocenters. The standard InChI is InChI=1S/C15H26N3O3.CH4O/c1-20-15(14-7-5-11-18(19)13-14)16-21-12-6-10-17-8-3-2-4-9-17;1-2/h7,13,19H,2-6,8-12H2,1H3;2H,1H3/q+1;/b16-15-;. The predicted octanol–water partition coefficient (Wildman–Crippen LogP) is 1.25. The highest BCUT2D eigenvalue weighted by atomic mass is 16.6. The molecule has 0 amide bonds. The highest BCUT2D eigenvalue weighted by molar-refractivity contribution is 6.10. The summed E-state index contributed by atoms with van der Waals surface area (Å²) in [6, 6.07) is 0. The van der Waals surface area contributed by atoms with E-state index in [0.29, 0.717) is 19.0 Å². The van der Waals surface area contributed by atoms with Crippen LogP contribution in [0.1, 0.15) is 32.1 Å². The lowest BCUT2D eigenvalue weighted by Crippen LogP contribution is -2.31. The number of aliphatic hydroxyl groups is 1. The van der Waals surface area contributed by atoms with Crippen molar-refractivity contribution < 1.29 is 24.6 Å². The van der Waals surface area contributed by atoms with Gasteiger partial charge in [0.15, 0.2) is 6.54 Å². The van der Waals surface area contributed by atoms with Gasteiger partial charge in [-0.25, -0.2) is 0 Å². The molecule has 23 heavy (non-hydrogen) atoms. The molecule has 0 bridgehead atoms. The van der Waals surface area contributed by atoms with Gasteiger partial charge < -0.3 is 19.6 Å². The molecule has 2 rings (SSSR count). The molecule has 0 aromatic heterocycles. The number of methoxy groups -OCH3 is 1. The van der Waals surface area contributed by atoms with Gasteiger partial charge in [0, 0.05) is 20.1 Å². The van der Waals surface area contributed by atoms with Crippen molar-refractivity contribution in [3.63, 3.8) is 0 Å². The number of oxime groups is 1. The predicted molar refractivity (Wildman–Crippen MR) is 89.1 cm³/mol.